The van der Waals surface area contributed by atoms with Crippen LogP contribution in [0.15, 0.2) is 42.6 Å². The number of H-pyrrole nitrogens is 1. The molecule has 0 aliphatic heterocycles. The average molecular weight is 302 g/mol. The highest BCUT2D eigenvalue weighted by Gasteiger charge is 2.15. The predicted octanol–water partition coefficient (Wildman–Crippen LogP) is 1.84. The van der Waals surface area contributed by atoms with E-state index < -0.39 is 5.97 Å². The van der Waals surface area contributed by atoms with Crippen LogP contribution in [0, 0.1) is 0 Å². The molecule has 1 aromatic carbocycles. The number of ether oxygens (including phenoxy) is 2. The van der Waals surface area contributed by atoms with Gasteiger partial charge in [0.05, 0.1) is 7.11 Å². The molecule has 0 saturated heterocycles. The topological polar surface area (TPSA) is 71.6 Å². The summed E-state index contributed by atoms with van der Waals surface area (Å²) in [4.78, 5) is 27.9. The van der Waals surface area contributed by atoms with Crippen LogP contribution in [0.2, 0.25) is 0 Å². The molecule has 1 heterocycles. The molecule has 1 amide bonds. The molecule has 6 nitrogen and oxygen atoms in total. The van der Waals surface area contributed by atoms with E-state index in [0.717, 1.165) is 5.56 Å². The van der Waals surface area contributed by atoms with E-state index in [1.165, 1.54) is 4.90 Å². The number of benzene rings is 1. The number of esters is 1. The molecule has 22 heavy (non-hydrogen) atoms. The number of amides is 1. The normalized spacial score (nSPS) is 10.1. The third-order valence-corrected chi connectivity index (χ3v) is 3.17. The van der Waals surface area contributed by atoms with Gasteiger partial charge >= 0.3 is 5.97 Å². The Morgan fingerprint density at radius 1 is 1.18 bits per heavy atom. The first-order chi connectivity index (χ1) is 10.6. The molecule has 6 heteroatoms. The fourth-order valence-corrected chi connectivity index (χ4v) is 1.95. The summed E-state index contributed by atoms with van der Waals surface area (Å²) in [6.07, 6.45) is 1.62. The summed E-state index contributed by atoms with van der Waals surface area (Å²) in [6, 6.07) is 10.7. The van der Waals surface area contributed by atoms with Crippen LogP contribution in [0.3, 0.4) is 0 Å². The lowest BCUT2D eigenvalue weighted by Gasteiger charge is -2.18. The Bertz CT molecular complexity index is 637. The lowest BCUT2D eigenvalue weighted by Crippen LogP contribution is -2.31. The molecule has 0 fully saturated rings. The van der Waals surface area contributed by atoms with Crippen molar-refractivity contribution in [2.24, 2.45) is 0 Å². The Labute approximate surface area is 128 Å². The number of hydrogen-bond donors (Lipinski definition) is 1. The summed E-state index contributed by atoms with van der Waals surface area (Å²) in [6.45, 7) is 0.0758. The van der Waals surface area contributed by atoms with Crippen molar-refractivity contribution in [2.75, 3.05) is 20.8 Å². The van der Waals surface area contributed by atoms with Crippen molar-refractivity contribution >= 4 is 11.9 Å². The van der Waals surface area contributed by atoms with Gasteiger partial charge in [-0.1, -0.05) is 18.2 Å². The van der Waals surface area contributed by atoms with Crippen LogP contribution < -0.4 is 4.74 Å². The largest absolute Gasteiger partial charge is 0.496 e. The number of rotatable bonds is 6. The summed E-state index contributed by atoms with van der Waals surface area (Å²) >= 11 is 0. The Balaban J connectivity index is 1.88. The van der Waals surface area contributed by atoms with E-state index in [1.54, 1.807) is 32.5 Å². The first-order valence-corrected chi connectivity index (χ1v) is 6.78. The van der Waals surface area contributed by atoms with E-state index in [4.69, 9.17) is 9.47 Å². The van der Waals surface area contributed by atoms with E-state index in [2.05, 4.69) is 4.98 Å². The van der Waals surface area contributed by atoms with Crippen LogP contribution in [0.5, 0.6) is 5.75 Å². The average Bonchev–Trinajstić information content (AvgIpc) is 3.07. The minimum atomic E-state index is -0.552. The van der Waals surface area contributed by atoms with Gasteiger partial charge in [0, 0.05) is 25.4 Å². The highest BCUT2D eigenvalue weighted by Crippen LogP contribution is 2.18. The highest BCUT2D eigenvalue weighted by atomic mass is 16.5. The van der Waals surface area contributed by atoms with Gasteiger partial charge in [-0.25, -0.2) is 4.79 Å². The fourth-order valence-electron chi connectivity index (χ4n) is 1.95. The van der Waals surface area contributed by atoms with Gasteiger partial charge in [-0.3, -0.25) is 4.79 Å². The molecule has 0 radical (unpaired) electrons. The SMILES string of the molecule is COc1ccccc1CN(C)C(=O)COC(=O)c1ccc[nH]1. The molecule has 0 bridgehead atoms. The minimum Gasteiger partial charge on any atom is -0.496 e. The van der Waals surface area contributed by atoms with E-state index >= 15 is 0 Å². The van der Waals surface area contributed by atoms with Crippen LogP contribution in [0.1, 0.15) is 16.1 Å². The van der Waals surface area contributed by atoms with E-state index in [-0.39, 0.29) is 12.5 Å². The number of aromatic nitrogens is 1. The Morgan fingerprint density at radius 3 is 2.64 bits per heavy atom. The number of para-hydroxylation sites is 1. The number of methoxy groups -OCH3 is 1. The zero-order valence-electron chi connectivity index (χ0n) is 12.5. The molecule has 1 aromatic heterocycles. The number of nitrogens with one attached hydrogen (secondary N) is 1. The van der Waals surface area contributed by atoms with Crippen LogP contribution in [0.25, 0.3) is 0 Å². The highest BCUT2D eigenvalue weighted by molar-refractivity contribution is 5.89. The van der Waals surface area contributed by atoms with Gasteiger partial charge < -0.3 is 19.4 Å². The monoisotopic (exact) mass is 302 g/mol. The van der Waals surface area contributed by atoms with Gasteiger partial charge in [0.15, 0.2) is 6.61 Å². The van der Waals surface area contributed by atoms with Gasteiger partial charge in [-0.15, -0.1) is 0 Å². The lowest BCUT2D eigenvalue weighted by molar-refractivity contribution is -0.133. The molecule has 0 saturated carbocycles. The summed E-state index contributed by atoms with van der Waals surface area (Å²) < 4.78 is 10.2. The van der Waals surface area contributed by atoms with E-state index in [9.17, 15) is 9.59 Å². The number of aromatic amines is 1. The molecular formula is C16H18N2O4. The predicted molar refractivity (Wildman–Crippen MR) is 80.5 cm³/mol. The zero-order chi connectivity index (χ0) is 15.9. The Kier molecular flexibility index (Phi) is 5.19. The van der Waals surface area contributed by atoms with Crippen molar-refractivity contribution < 1.29 is 19.1 Å². The van der Waals surface area contributed by atoms with Gasteiger partial charge in [0.25, 0.3) is 5.91 Å². The van der Waals surface area contributed by atoms with E-state index in [1.807, 2.05) is 24.3 Å². The quantitative estimate of drug-likeness (QED) is 0.827. The number of hydrogen-bond acceptors (Lipinski definition) is 4. The number of nitrogens with zero attached hydrogens (tertiary/aromatic N) is 1. The molecule has 1 N–H and O–H groups in total. The van der Waals surface area contributed by atoms with Crippen molar-refractivity contribution in [3.05, 3.63) is 53.9 Å². The van der Waals surface area contributed by atoms with Crippen molar-refractivity contribution in [1.29, 1.82) is 0 Å². The second-order valence-electron chi connectivity index (χ2n) is 4.72. The molecule has 2 rings (SSSR count). The van der Waals surface area contributed by atoms with Gasteiger partial charge in [-0.2, -0.15) is 0 Å². The van der Waals surface area contributed by atoms with Gasteiger partial charge in [0.1, 0.15) is 11.4 Å². The second-order valence-corrected chi connectivity index (χ2v) is 4.72. The third kappa shape index (κ3) is 3.88. The van der Waals surface area contributed by atoms with Crippen LogP contribution in [0.4, 0.5) is 0 Å². The molecule has 0 spiro atoms. The van der Waals surface area contributed by atoms with Crippen LogP contribution >= 0.6 is 0 Å². The molecule has 0 unspecified atom stereocenters. The van der Waals surface area contributed by atoms with Crippen molar-refractivity contribution in [3.8, 4) is 5.75 Å². The van der Waals surface area contributed by atoms with Crippen molar-refractivity contribution in [3.63, 3.8) is 0 Å². The first-order valence-electron chi connectivity index (χ1n) is 6.78. The number of carbonyl (C=O) groups is 2. The Hall–Kier alpha value is -2.76. The van der Waals surface area contributed by atoms with E-state index in [0.29, 0.717) is 18.0 Å². The summed E-state index contributed by atoms with van der Waals surface area (Å²) in [7, 11) is 3.23. The summed E-state index contributed by atoms with van der Waals surface area (Å²) in [5, 5.41) is 0. The number of carbonyl (C=O) groups excluding carboxylic acids is 2. The Morgan fingerprint density at radius 2 is 1.95 bits per heavy atom. The van der Waals surface area contributed by atoms with Gasteiger partial charge in [-0.05, 0) is 18.2 Å². The summed E-state index contributed by atoms with van der Waals surface area (Å²) in [5.74, 6) is -0.125. The van der Waals surface area contributed by atoms with Crippen molar-refractivity contribution in [2.45, 2.75) is 6.54 Å². The molecule has 116 valence electrons. The maximum Gasteiger partial charge on any atom is 0.355 e. The lowest BCUT2D eigenvalue weighted by atomic mass is 10.2. The minimum absolute atomic E-state index is 0.286. The van der Waals surface area contributed by atoms with Gasteiger partial charge in [0.2, 0.25) is 0 Å². The number of likely N-dealkylation sites (N-methyl/N-ethyl adjacent to an activating group) is 1. The molecule has 2 aromatic rings. The van der Waals surface area contributed by atoms with Crippen LogP contribution in [-0.4, -0.2) is 42.5 Å². The second kappa shape index (κ2) is 7.31. The third-order valence-electron chi connectivity index (χ3n) is 3.17. The summed E-state index contributed by atoms with van der Waals surface area (Å²) in [5.41, 5.74) is 1.21. The maximum atomic E-state index is 12.0. The fraction of sp³-hybridized carbons (Fsp3) is 0.250. The standard InChI is InChI=1S/C16H18N2O4/c1-18(10-12-6-3-4-8-14(12)21-2)15(19)11-22-16(20)13-7-5-9-17-13/h3-9,17H,10-11H2,1-2H3. The molecular weight excluding hydrogens is 284 g/mol. The first kappa shape index (κ1) is 15.6. The molecule has 0 aliphatic rings. The zero-order valence-corrected chi connectivity index (χ0v) is 12.5. The smallest absolute Gasteiger partial charge is 0.355 e. The van der Waals surface area contributed by atoms with Crippen molar-refractivity contribution in [1.82, 2.24) is 9.88 Å². The molecule has 0 atom stereocenters. The maximum absolute atomic E-state index is 12.0. The molecule has 0 aliphatic carbocycles. The van der Waals surface area contributed by atoms with Crippen LogP contribution in [-0.2, 0) is 16.1 Å².